The fourth-order valence-corrected chi connectivity index (χ4v) is 6.00. The topological polar surface area (TPSA) is 100 Å². The van der Waals surface area contributed by atoms with E-state index in [9.17, 15) is 4.79 Å². The zero-order chi connectivity index (χ0) is 32.6. The summed E-state index contributed by atoms with van der Waals surface area (Å²) in [5, 5.41) is 4.67. The number of amidine groups is 1. The summed E-state index contributed by atoms with van der Waals surface area (Å²) < 4.78 is 0. The second-order valence-electron chi connectivity index (χ2n) is 10.6. The first-order chi connectivity index (χ1) is 20.7. The molecular formula is C36H58ClN5O2. The van der Waals surface area contributed by atoms with E-state index in [1.165, 1.54) is 6.92 Å². The van der Waals surface area contributed by atoms with E-state index in [2.05, 4.69) is 60.5 Å². The van der Waals surface area contributed by atoms with Gasteiger partial charge in [0.2, 0.25) is 0 Å². The van der Waals surface area contributed by atoms with Gasteiger partial charge in [-0.15, -0.1) is 0 Å². The first-order valence-corrected chi connectivity index (χ1v) is 16.2. The maximum absolute atomic E-state index is 14.1. The Morgan fingerprint density at radius 3 is 2.18 bits per heavy atom. The van der Waals surface area contributed by atoms with Crippen molar-refractivity contribution in [1.82, 2.24) is 10.3 Å². The fraction of sp³-hybridized carbons (Fsp3) is 0.556. The third-order valence-corrected chi connectivity index (χ3v) is 8.00. The van der Waals surface area contributed by atoms with Gasteiger partial charge in [0, 0.05) is 24.1 Å². The first kappa shape index (κ1) is 40.8. The van der Waals surface area contributed by atoms with Crippen molar-refractivity contribution in [3.63, 3.8) is 0 Å². The Balaban J connectivity index is 0.00000214. The quantitative estimate of drug-likeness (QED) is 0.132. The smallest absolute Gasteiger partial charge is 0.275 e. The number of nitrogens with one attached hydrogen (secondary N) is 1. The van der Waals surface area contributed by atoms with Crippen LogP contribution in [0.15, 0.2) is 58.6 Å². The highest BCUT2D eigenvalue weighted by Gasteiger charge is 2.51. The number of hydrazone groups is 1. The summed E-state index contributed by atoms with van der Waals surface area (Å²) >= 11 is 6.29. The van der Waals surface area contributed by atoms with Crippen molar-refractivity contribution >= 4 is 35.3 Å². The maximum atomic E-state index is 14.1. The zero-order valence-corrected chi connectivity index (χ0v) is 28.5. The number of hydrogen-bond donors (Lipinski definition) is 2. The second kappa shape index (κ2) is 20.7. The number of benzene rings is 2. The molecule has 0 radical (unpaired) electrons. The Labute approximate surface area is 272 Å². The van der Waals surface area contributed by atoms with E-state index >= 15 is 0 Å². The van der Waals surface area contributed by atoms with E-state index < -0.39 is 5.66 Å². The van der Waals surface area contributed by atoms with Gasteiger partial charge in [-0.1, -0.05) is 104 Å². The lowest BCUT2D eigenvalue weighted by Gasteiger charge is -2.46. The van der Waals surface area contributed by atoms with Crippen molar-refractivity contribution in [3.8, 4) is 0 Å². The summed E-state index contributed by atoms with van der Waals surface area (Å²) in [4.78, 5) is 30.2. The molecule has 0 saturated heterocycles. The summed E-state index contributed by atoms with van der Waals surface area (Å²) in [7, 11) is 1.74. The van der Waals surface area contributed by atoms with Crippen molar-refractivity contribution in [1.29, 1.82) is 0 Å². The molecule has 1 saturated carbocycles. The molecule has 1 spiro atoms. The lowest BCUT2D eigenvalue weighted by molar-refractivity contribution is -0.133. The van der Waals surface area contributed by atoms with Crippen LogP contribution in [-0.4, -0.2) is 41.4 Å². The Morgan fingerprint density at radius 1 is 1.14 bits per heavy atom. The molecule has 3 N–H and O–H groups in total. The number of carbonyl (C=O) groups excluding carboxylic acids is 2. The van der Waals surface area contributed by atoms with Gasteiger partial charge in [-0.25, -0.2) is 0 Å². The molecule has 1 amide bonds. The van der Waals surface area contributed by atoms with Crippen LogP contribution in [0.2, 0.25) is 5.02 Å². The number of rotatable bonds is 8. The lowest BCUT2D eigenvalue weighted by Crippen LogP contribution is -2.51. The molecule has 0 aromatic heterocycles. The Hall–Kier alpha value is -3.19. The van der Waals surface area contributed by atoms with Crippen LogP contribution in [-0.2, 0) is 16.0 Å². The number of aliphatic imine (C=N–C) groups is 1. The predicted octanol–water partition coefficient (Wildman–Crippen LogP) is 8.59. The SMILES string of the molecule is C.CC.CC.CC=O.CCC(c1ccc(C/C(N)=N/NC)cc1)N1C(=O)C(c2cccc(Cl)c2)=NC12CCC(C(C)C)CC2. The highest BCUT2D eigenvalue weighted by Crippen LogP contribution is 2.47. The van der Waals surface area contributed by atoms with E-state index in [1.807, 2.05) is 52.0 Å². The number of carbonyl (C=O) groups is 2. The highest BCUT2D eigenvalue weighted by molar-refractivity contribution is 6.47. The molecular weight excluding hydrogens is 570 g/mol. The van der Waals surface area contributed by atoms with Gasteiger partial charge in [0.1, 0.15) is 23.5 Å². The molecule has 1 aliphatic heterocycles. The van der Waals surface area contributed by atoms with Gasteiger partial charge in [0.25, 0.3) is 5.91 Å². The molecule has 2 aromatic carbocycles. The van der Waals surface area contributed by atoms with Crippen LogP contribution < -0.4 is 11.2 Å². The molecule has 1 aliphatic carbocycles. The normalized spacial score (nSPS) is 19.7. The van der Waals surface area contributed by atoms with Crippen LogP contribution in [0.25, 0.3) is 0 Å². The average molecular weight is 628 g/mol. The summed E-state index contributed by atoms with van der Waals surface area (Å²) in [5.74, 6) is 1.84. The standard InChI is InChI=1S/C29H38ClN5O.C2H4O.2C2H6.CH4/c1-5-25(22-11-9-20(10-12-22)17-26(31)34-32-4)35-28(36)27(23-7-6-8-24(30)18-23)33-29(35)15-13-21(14-16-29)19(2)3;1-2-3;2*1-2;/h6-12,18-19,21,25,32H,5,13-17H2,1-4H3,(H2,31,34);2H,1H3;2*1-2H3;1H4. The van der Waals surface area contributed by atoms with Crippen LogP contribution in [0.4, 0.5) is 0 Å². The lowest BCUT2D eigenvalue weighted by atomic mass is 9.76. The number of nitrogens with zero attached hydrogens (tertiary/aromatic N) is 3. The molecule has 44 heavy (non-hydrogen) atoms. The minimum absolute atomic E-state index is 0. The minimum atomic E-state index is -0.511. The van der Waals surface area contributed by atoms with Crippen LogP contribution in [0.3, 0.4) is 0 Å². The van der Waals surface area contributed by atoms with Crippen molar-refractivity contribution in [3.05, 3.63) is 70.2 Å². The summed E-state index contributed by atoms with van der Waals surface area (Å²) in [6.45, 7) is 16.2. The molecule has 1 heterocycles. The monoisotopic (exact) mass is 627 g/mol. The summed E-state index contributed by atoms with van der Waals surface area (Å²) in [6, 6.07) is 15.8. The number of hydrogen-bond acceptors (Lipinski definition) is 5. The van der Waals surface area contributed by atoms with Gasteiger partial charge in [0.15, 0.2) is 0 Å². The summed E-state index contributed by atoms with van der Waals surface area (Å²) in [5.41, 5.74) is 11.7. The molecule has 7 nitrogen and oxygen atoms in total. The molecule has 1 fully saturated rings. The third-order valence-electron chi connectivity index (χ3n) is 7.77. The van der Waals surface area contributed by atoms with Crippen LogP contribution in [0.1, 0.15) is 118 Å². The van der Waals surface area contributed by atoms with Gasteiger partial charge in [-0.05, 0) is 74.1 Å². The van der Waals surface area contributed by atoms with Crippen LogP contribution in [0.5, 0.6) is 0 Å². The highest BCUT2D eigenvalue weighted by atomic mass is 35.5. The molecule has 0 bridgehead atoms. The molecule has 246 valence electrons. The van der Waals surface area contributed by atoms with E-state index in [-0.39, 0.29) is 19.4 Å². The van der Waals surface area contributed by atoms with Gasteiger partial charge in [0.05, 0.1) is 6.04 Å². The fourth-order valence-electron chi connectivity index (χ4n) is 5.81. The largest absolute Gasteiger partial charge is 0.385 e. The van der Waals surface area contributed by atoms with Gasteiger partial charge in [-0.2, -0.15) is 5.10 Å². The number of aldehydes is 1. The zero-order valence-electron chi connectivity index (χ0n) is 27.8. The maximum Gasteiger partial charge on any atom is 0.275 e. The summed E-state index contributed by atoms with van der Waals surface area (Å²) in [6.07, 6.45) is 6.06. The number of halogens is 1. The van der Waals surface area contributed by atoms with Crippen molar-refractivity contribution in [2.24, 2.45) is 27.7 Å². The molecule has 1 atom stereocenters. The molecule has 1 unspecified atom stereocenters. The second-order valence-corrected chi connectivity index (χ2v) is 11.1. The number of nitrogens with two attached hydrogens (primary N) is 1. The Bertz CT molecular complexity index is 1190. The average Bonchev–Trinajstić information content (AvgIpc) is 3.28. The Morgan fingerprint density at radius 2 is 1.70 bits per heavy atom. The van der Waals surface area contributed by atoms with Crippen molar-refractivity contribution < 1.29 is 9.59 Å². The van der Waals surface area contributed by atoms with E-state index in [0.717, 1.165) is 55.1 Å². The van der Waals surface area contributed by atoms with E-state index in [4.69, 9.17) is 27.1 Å². The molecule has 2 aliphatic rings. The van der Waals surface area contributed by atoms with Gasteiger partial charge < -0.3 is 20.9 Å². The van der Waals surface area contributed by atoms with Crippen molar-refractivity contribution in [2.45, 2.75) is 113 Å². The predicted molar refractivity (Wildman–Crippen MR) is 189 cm³/mol. The molecule has 4 rings (SSSR count). The van der Waals surface area contributed by atoms with Crippen molar-refractivity contribution in [2.75, 3.05) is 7.05 Å². The molecule has 8 heteroatoms. The molecule has 2 aromatic rings. The number of amides is 1. The van der Waals surface area contributed by atoms with Gasteiger partial charge >= 0.3 is 0 Å². The third kappa shape index (κ3) is 10.5. The Kier molecular flexibility index (Phi) is 19.2. The van der Waals surface area contributed by atoms with Gasteiger partial charge in [-0.3, -0.25) is 9.79 Å². The van der Waals surface area contributed by atoms with Crippen LogP contribution >= 0.6 is 11.6 Å². The van der Waals surface area contributed by atoms with E-state index in [0.29, 0.717) is 34.8 Å². The first-order valence-electron chi connectivity index (χ1n) is 15.9. The van der Waals surface area contributed by atoms with E-state index in [1.54, 1.807) is 7.05 Å². The van der Waals surface area contributed by atoms with Crippen LogP contribution in [0, 0.1) is 11.8 Å². The minimum Gasteiger partial charge on any atom is -0.385 e.